The molecule has 2 amide bonds. The van der Waals surface area contributed by atoms with Crippen molar-refractivity contribution in [3.63, 3.8) is 0 Å². The van der Waals surface area contributed by atoms with Crippen molar-refractivity contribution in [2.24, 2.45) is 16.9 Å². The first-order valence-corrected chi connectivity index (χ1v) is 5.72. The van der Waals surface area contributed by atoms with E-state index in [1.54, 1.807) is 32.0 Å². The fourth-order valence-electron chi connectivity index (χ4n) is 1.44. The summed E-state index contributed by atoms with van der Waals surface area (Å²) in [6.07, 6.45) is 0. The largest absolute Gasteiger partial charge is 0.369 e. The summed E-state index contributed by atoms with van der Waals surface area (Å²) in [6.45, 7) is 4.59. The number of carbonyl (C=O) groups excluding carboxylic acids is 2. The lowest BCUT2D eigenvalue weighted by Crippen LogP contribution is -2.40. The van der Waals surface area contributed by atoms with Gasteiger partial charge in [-0.05, 0) is 31.5 Å². The molecular weight excluding hydrogens is 230 g/mol. The molecule has 0 atom stereocenters. The molecule has 0 aliphatic rings. The topological polar surface area (TPSA) is 98.2 Å². The summed E-state index contributed by atoms with van der Waals surface area (Å²) in [5.74, 6) is -0.796. The standard InChI is InChI=1S/C13H19N3O2/c1-13(2,12(15)18)8-16-7-9-4-3-5-10(6-9)11(14)17/h3-6,16H,7-8H2,1-2H3,(H2,14,17)(H2,15,18). The van der Waals surface area contributed by atoms with Gasteiger partial charge in [-0.25, -0.2) is 0 Å². The summed E-state index contributed by atoms with van der Waals surface area (Å²) in [5, 5.41) is 3.14. The molecule has 0 heterocycles. The number of carbonyl (C=O) groups is 2. The molecule has 5 heteroatoms. The molecule has 1 aromatic carbocycles. The predicted octanol–water partition coefficient (Wildman–Crippen LogP) is 0.387. The van der Waals surface area contributed by atoms with Gasteiger partial charge in [0.05, 0.1) is 5.41 Å². The first kappa shape index (κ1) is 14.2. The monoisotopic (exact) mass is 249 g/mol. The second-order valence-corrected chi connectivity index (χ2v) is 4.92. The van der Waals surface area contributed by atoms with Crippen LogP contribution in [0.25, 0.3) is 0 Å². The van der Waals surface area contributed by atoms with Gasteiger partial charge in [-0.2, -0.15) is 0 Å². The van der Waals surface area contributed by atoms with Gasteiger partial charge in [0.15, 0.2) is 0 Å². The summed E-state index contributed by atoms with van der Waals surface area (Å²) in [4.78, 5) is 22.1. The molecule has 0 radical (unpaired) electrons. The molecular formula is C13H19N3O2. The lowest BCUT2D eigenvalue weighted by Gasteiger charge is -2.20. The lowest BCUT2D eigenvalue weighted by molar-refractivity contribution is -0.125. The Bertz CT molecular complexity index is 455. The van der Waals surface area contributed by atoms with E-state index in [1.807, 2.05) is 6.07 Å². The third-order valence-corrected chi connectivity index (χ3v) is 2.77. The zero-order valence-electron chi connectivity index (χ0n) is 10.7. The van der Waals surface area contributed by atoms with E-state index in [0.29, 0.717) is 18.7 Å². The van der Waals surface area contributed by atoms with Crippen molar-refractivity contribution in [2.75, 3.05) is 6.54 Å². The van der Waals surface area contributed by atoms with Gasteiger partial charge in [0.1, 0.15) is 0 Å². The van der Waals surface area contributed by atoms with Crippen molar-refractivity contribution in [1.29, 1.82) is 0 Å². The molecule has 0 spiro atoms. The van der Waals surface area contributed by atoms with Crippen LogP contribution in [0.3, 0.4) is 0 Å². The van der Waals surface area contributed by atoms with Crippen molar-refractivity contribution in [3.05, 3.63) is 35.4 Å². The summed E-state index contributed by atoms with van der Waals surface area (Å²) in [5.41, 5.74) is 11.3. The molecule has 0 unspecified atom stereocenters. The summed E-state index contributed by atoms with van der Waals surface area (Å²) >= 11 is 0. The average Bonchev–Trinajstić information content (AvgIpc) is 2.29. The van der Waals surface area contributed by atoms with Crippen LogP contribution < -0.4 is 16.8 Å². The van der Waals surface area contributed by atoms with Crippen LogP contribution in [0.2, 0.25) is 0 Å². The van der Waals surface area contributed by atoms with E-state index in [1.165, 1.54) is 0 Å². The van der Waals surface area contributed by atoms with Gasteiger partial charge in [0.25, 0.3) is 0 Å². The average molecular weight is 249 g/mol. The molecule has 0 bridgehead atoms. The highest BCUT2D eigenvalue weighted by Gasteiger charge is 2.23. The quantitative estimate of drug-likeness (QED) is 0.680. The molecule has 1 rings (SSSR count). The molecule has 0 aliphatic heterocycles. The van der Waals surface area contributed by atoms with Gasteiger partial charge >= 0.3 is 0 Å². The Hall–Kier alpha value is -1.88. The molecule has 98 valence electrons. The fraction of sp³-hybridized carbons (Fsp3) is 0.385. The smallest absolute Gasteiger partial charge is 0.248 e. The molecule has 0 aromatic heterocycles. The number of nitrogens with one attached hydrogen (secondary N) is 1. The zero-order chi connectivity index (χ0) is 13.8. The van der Waals surface area contributed by atoms with Crippen LogP contribution in [0.5, 0.6) is 0 Å². The Labute approximate surface area is 107 Å². The lowest BCUT2D eigenvalue weighted by atomic mass is 9.93. The van der Waals surface area contributed by atoms with E-state index in [-0.39, 0.29) is 5.91 Å². The number of primary amides is 2. The van der Waals surface area contributed by atoms with Gasteiger partial charge in [0.2, 0.25) is 11.8 Å². The van der Waals surface area contributed by atoms with Gasteiger partial charge < -0.3 is 16.8 Å². The van der Waals surface area contributed by atoms with Crippen LogP contribution >= 0.6 is 0 Å². The Kier molecular flexibility index (Phi) is 4.44. The van der Waals surface area contributed by atoms with Gasteiger partial charge in [0, 0.05) is 18.7 Å². The molecule has 0 aliphatic carbocycles. The van der Waals surface area contributed by atoms with E-state index < -0.39 is 11.3 Å². The summed E-state index contributed by atoms with van der Waals surface area (Å²) in [7, 11) is 0. The second kappa shape index (κ2) is 5.64. The number of rotatable bonds is 6. The van der Waals surface area contributed by atoms with Gasteiger partial charge in [-0.3, -0.25) is 9.59 Å². The molecule has 0 saturated carbocycles. The van der Waals surface area contributed by atoms with E-state index >= 15 is 0 Å². The van der Waals surface area contributed by atoms with Crippen molar-refractivity contribution in [2.45, 2.75) is 20.4 Å². The van der Waals surface area contributed by atoms with Crippen LogP contribution in [0, 0.1) is 5.41 Å². The zero-order valence-corrected chi connectivity index (χ0v) is 10.7. The van der Waals surface area contributed by atoms with Gasteiger partial charge in [-0.1, -0.05) is 12.1 Å². The predicted molar refractivity (Wildman–Crippen MR) is 69.6 cm³/mol. The molecule has 1 aromatic rings. The van der Waals surface area contributed by atoms with E-state index in [9.17, 15) is 9.59 Å². The summed E-state index contributed by atoms with van der Waals surface area (Å²) in [6, 6.07) is 7.05. The van der Waals surface area contributed by atoms with Crippen LogP contribution in [-0.2, 0) is 11.3 Å². The highest BCUT2D eigenvalue weighted by Crippen LogP contribution is 2.12. The normalized spacial score (nSPS) is 11.2. The fourth-order valence-corrected chi connectivity index (χ4v) is 1.44. The maximum Gasteiger partial charge on any atom is 0.248 e. The molecule has 18 heavy (non-hydrogen) atoms. The number of nitrogens with two attached hydrogens (primary N) is 2. The maximum atomic E-state index is 11.1. The van der Waals surface area contributed by atoms with E-state index in [4.69, 9.17) is 11.5 Å². The minimum absolute atomic E-state index is 0.346. The first-order chi connectivity index (χ1) is 8.33. The molecule has 5 nitrogen and oxygen atoms in total. The first-order valence-electron chi connectivity index (χ1n) is 5.72. The number of benzene rings is 1. The van der Waals surface area contributed by atoms with Crippen molar-refractivity contribution in [3.8, 4) is 0 Å². The van der Waals surface area contributed by atoms with Crippen LogP contribution in [0.4, 0.5) is 0 Å². The SMILES string of the molecule is CC(C)(CNCc1cccc(C(N)=O)c1)C(N)=O. The van der Waals surface area contributed by atoms with E-state index in [2.05, 4.69) is 5.32 Å². The number of hydrogen-bond acceptors (Lipinski definition) is 3. The van der Waals surface area contributed by atoms with Crippen LogP contribution in [0.15, 0.2) is 24.3 Å². The van der Waals surface area contributed by atoms with Crippen molar-refractivity contribution in [1.82, 2.24) is 5.32 Å². The minimum atomic E-state index is -0.596. The van der Waals surface area contributed by atoms with Gasteiger partial charge in [-0.15, -0.1) is 0 Å². The molecule has 0 fully saturated rings. The minimum Gasteiger partial charge on any atom is -0.369 e. The van der Waals surface area contributed by atoms with Crippen LogP contribution in [0.1, 0.15) is 29.8 Å². The van der Waals surface area contributed by atoms with Crippen LogP contribution in [-0.4, -0.2) is 18.4 Å². The molecule has 0 saturated heterocycles. The Balaban J connectivity index is 2.57. The highest BCUT2D eigenvalue weighted by molar-refractivity contribution is 5.92. The van der Waals surface area contributed by atoms with Crippen molar-refractivity contribution < 1.29 is 9.59 Å². The Morgan fingerprint density at radius 2 is 1.94 bits per heavy atom. The van der Waals surface area contributed by atoms with Crippen molar-refractivity contribution >= 4 is 11.8 Å². The second-order valence-electron chi connectivity index (χ2n) is 4.92. The number of amides is 2. The number of hydrogen-bond donors (Lipinski definition) is 3. The molecule has 5 N–H and O–H groups in total. The Morgan fingerprint density at radius 3 is 2.50 bits per heavy atom. The highest BCUT2D eigenvalue weighted by atomic mass is 16.1. The third kappa shape index (κ3) is 3.85. The Morgan fingerprint density at radius 1 is 1.28 bits per heavy atom. The van der Waals surface area contributed by atoms with E-state index in [0.717, 1.165) is 5.56 Å². The maximum absolute atomic E-state index is 11.1. The third-order valence-electron chi connectivity index (χ3n) is 2.77. The summed E-state index contributed by atoms with van der Waals surface area (Å²) < 4.78 is 0.